The van der Waals surface area contributed by atoms with Crippen molar-refractivity contribution >= 4 is 16.7 Å². The third kappa shape index (κ3) is 2.98. The predicted molar refractivity (Wildman–Crippen MR) is 93.0 cm³/mol. The first kappa shape index (κ1) is 16.8. The highest BCUT2D eigenvalue weighted by atomic mass is 19.4. The number of hydrogen-bond donors (Lipinski definition) is 0. The maximum atomic E-state index is 13.0. The van der Waals surface area contributed by atoms with E-state index >= 15 is 0 Å². The molecule has 2 aromatic heterocycles. The van der Waals surface area contributed by atoms with Gasteiger partial charge in [-0.3, -0.25) is 4.98 Å². The maximum Gasteiger partial charge on any atom is 0.417 e. The van der Waals surface area contributed by atoms with Crippen LogP contribution in [0.2, 0.25) is 0 Å². The maximum absolute atomic E-state index is 13.0. The third-order valence-electron chi connectivity index (χ3n) is 4.61. The van der Waals surface area contributed by atoms with E-state index in [0.29, 0.717) is 30.9 Å². The summed E-state index contributed by atoms with van der Waals surface area (Å²) in [6.07, 6.45) is -2.88. The summed E-state index contributed by atoms with van der Waals surface area (Å²) in [5, 5.41) is 0.916. The van der Waals surface area contributed by atoms with Crippen LogP contribution in [0.3, 0.4) is 0 Å². The van der Waals surface area contributed by atoms with Crippen molar-refractivity contribution < 1.29 is 13.2 Å². The van der Waals surface area contributed by atoms with E-state index in [4.69, 9.17) is 0 Å². The van der Waals surface area contributed by atoms with E-state index in [2.05, 4.69) is 15.0 Å². The normalized spacial score (nSPS) is 14.6. The minimum absolute atomic E-state index is 0.353. The first-order valence-electron chi connectivity index (χ1n) is 8.36. The SMILES string of the molecule is Cc1ccc2nc(C)nc(N3CCc4ncc(C(F)(F)F)cc4C3)c2c1. The number of benzene rings is 1. The van der Waals surface area contributed by atoms with Gasteiger partial charge in [-0.15, -0.1) is 0 Å². The first-order valence-corrected chi connectivity index (χ1v) is 8.36. The van der Waals surface area contributed by atoms with E-state index in [9.17, 15) is 13.2 Å². The van der Waals surface area contributed by atoms with E-state index in [0.717, 1.165) is 34.2 Å². The zero-order valence-electron chi connectivity index (χ0n) is 14.4. The second-order valence-electron chi connectivity index (χ2n) is 6.61. The van der Waals surface area contributed by atoms with Gasteiger partial charge in [-0.1, -0.05) is 11.6 Å². The van der Waals surface area contributed by atoms with Crippen molar-refractivity contribution in [2.75, 3.05) is 11.4 Å². The molecule has 0 atom stereocenters. The Balaban J connectivity index is 1.77. The highest BCUT2D eigenvalue weighted by Gasteiger charge is 2.32. The number of anilines is 1. The zero-order valence-corrected chi connectivity index (χ0v) is 14.4. The summed E-state index contributed by atoms with van der Waals surface area (Å²) in [5.41, 5.74) is 2.54. The largest absolute Gasteiger partial charge is 0.417 e. The van der Waals surface area contributed by atoms with Gasteiger partial charge in [0.2, 0.25) is 0 Å². The molecule has 0 aliphatic carbocycles. The van der Waals surface area contributed by atoms with Crippen molar-refractivity contribution in [3.8, 4) is 0 Å². The molecule has 7 heteroatoms. The van der Waals surface area contributed by atoms with Crippen molar-refractivity contribution in [1.82, 2.24) is 15.0 Å². The minimum Gasteiger partial charge on any atom is -0.351 e. The van der Waals surface area contributed by atoms with Gasteiger partial charge in [0.05, 0.1) is 11.1 Å². The molecule has 0 unspecified atom stereocenters. The lowest BCUT2D eigenvalue weighted by Crippen LogP contribution is -2.32. The van der Waals surface area contributed by atoms with Crippen LogP contribution >= 0.6 is 0 Å². The molecule has 26 heavy (non-hydrogen) atoms. The molecule has 0 radical (unpaired) electrons. The van der Waals surface area contributed by atoms with Crippen molar-refractivity contribution in [2.45, 2.75) is 33.0 Å². The lowest BCUT2D eigenvalue weighted by atomic mass is 10.0. The molecule has 0 spiro atoms. The van der Waals surface area contributed by atoms with E-state index in [1.165, 1.54) is 6.07 Å². The number of alkyl halides is 3. The van der Waals surface area contributed by atoms with Crippen molar-refractivity contribution in [3.05, 3.63) is 58.7 Å². The van der Waals surface area contributed by atoms with Crippen molar-refractivity contribution in [2.24, 2.45) is 0 Å². The molecule has 0 saturated heterocycles. The van der Waals surface area contributed by atoms with Crippen LogP contribution in [-0.2, 0) is 19.1 Å². The van der Waals surface area contributed by atoms with Gasteiger partial charge in [0.1, 0.15) is 11.6 Å². The molecule has 0 amide bonds. The van der Waals surface area contributed by atoms with Crippen molar-refractivity contribution in [3.63, 3.8) is 0 Å². The van der Waals surface area contributed by atoms with Crippen LogP contribution in [-0.4, -0.2) is 21.5 Å². The molecule has 3 heterocycles. The minimum atomic E-state index is -4.39. The molecule has 1 aliphatic rings. The van der Waals surface area contributed by atoms with Crippen LogP contribution in [0.1, 0.15) is 28.2 Å². The third-order valence-corrected chi connectivity index (χ3v) is 4.61. The molecule has 1 aliphatic heterocycles. The van der Waals surface area contributed by atoms with Gasteiger partial charge in [0.15, 0.2) is 0 Å². The lowest BCUT2D eigenvalue weighted by Gasteiger charge is -2.30. The molecule has 134 valence electrons. The Labute approximate surface area is 148 Å². The molecule has 0 bridgehead atoms. The van der Waals surface area contributed by atoms with Crippen molar-refractivity contribution in [1.29, 1.82) is 0 Å². The van der Waals surface area contributed by atoms with Crippen LogP contribution in [0.5, 0.6) is 0 Å². The summed E-state index contributed by atoms with van der Waals surface area (Å²) < 4.78 is 39.0. The number of aromatic nitrogens is 3. The number of aryl methyl sites for hydroxylation is 2. The van der Waals surface area contributed by atoms with E-state index < -0.39 is 11.7 Å². The summed E-state index contributed by atoms with van der Waals surface area (Å²) in [5.74, 6) is 1.41. The van der Waals surface area contributed by atoms with Crippen LogP contribution in [0.4, 0.5) is 19.0 Å². The second kappa shape index (κ2) is 5.93. The predicted octanol–water partition coefficient (Wildman–Crippen LogP) is 4.22. The highest BCUT2D eigenvalue weighted by Crippen LogP contribution is 2.33. The fourth-order valence-electron chi connectivity index (χ4n) is 3.34. The Bertz CT molecular complexity index is 998. The van der Waals surface area contributed by atoms with Crippen LogP contribution in [0, 0.1) is 13.8 Å². The van der Waals surface area contributed by atoms with Gasteiger partial charge in [0, 0.05) is 36.8 Å². The fraction of sp³-hybridized carbons (Fsp3) is 0.316. The fourth-order valence-corrected chi connectivity index (χ4v) is 3.34. The highest BCUT2D eigenvalue weighted by molar-refractivity contribution is 5.90. The van der Waals surface area contributed by atoms with Gasteiger partial charge in [-0.25, -0.2) is 9.97 Å². The summed E-state index contributed by atoms with van der Waals surface area (Å²) >= 11 is 0. The summed E-state index contributed by atoms with van der Waals surface area (Å²) in [7, 11) is 0. The van der Waals surface area contributed by atoms with Gasteiger partial charge < -0.3 is 4.90 Å². The summed E-state index contributed by atoms with van der Waals surface area (Å²) in [4.78, 5) is 15.1. The van der Waals surface area contributed by atoms with Gasteiger partial charge in [-0.2, -0.15) is 13.2 Å². The second-order valence-corrected chi connectivity index (χ2v) is 6.61. The molecule has 0 saturated carbocycles. The van der Waals surface area contributed by atoms with E-state index in [1.54, 1.807) is 0 Å². The van der Waals surface area contributed by atoms with Crippen LogP contribution in [0.15, 0.2) is 30.5 Å². The monoisotopic (exact) mass is 358 g/mol. The quantitative estimate of drug-likeness (QED) is 0.653. The van der Waals surface area contributed by atoms with Crippen LogP contribution in [0.25, 0.3) is 10.9 Å². The van der Waals surface area contributed by atoms with Gasteiger partial charge in [-0.05, 0) is 37.6 Å². The molecule has 1 aromatic carbocycles. The van der Waals surface area contributed by atoms with E-state index in [-0.39, 0.29) is 0 Å². The first-order chi connectivity index (χ1) is 12.3. The average molecular weight is 358 g/mol. The molecular formula is C19H17F3N4. The molecular weight excluding hydrogens is 341 g/mol. The Kier molecular flexibility index (Phi) is 3.82. The number of hydrogen-bond acceptors (Lipinski definition) is 4. The lowest BCUT2D eigenvalue weighted by molar-refractivity contribution is -0.137. The van der Waals surface area contributed by atoms with Gasteiger partial charge >= 0.3 is 6.18 Å². The molecule has 4 nitrogen and oxygen atoms in total. The Hall–Kier alpha value is -2.70. The molecule has 0 N–H and O–H groups in total. The summed E-state index contributed by atoms with van der Waals surface area (Å²) in [6, 6.07) is 7.16. The molecule has 0 fully saturated rings. The molecule has 3 aromatic rings. The smallest absolute Gasteiger partial charge is 0.351 e. The zero-order chi connectivity index (χ0) is 18.5. The standard InChI is InChI=1S/C19H17F3N4/c1-11-3-4-17-15(7-11)18(25-12(2)24-17)26-6-5-16-13(10-26)8-14(9-23-16)19(20,21)22/h3-4,7-9H,5-6,10H2,1-2H3. The van der Waals surface area contributed by atoms with Gasteiger partial charge in [0.25, 0.3) is 0 Å². The topological polar surface area (TPSA) is 41.9 Å². The Morgan fingerprint density at radius 3 is 2.65 bits per heavy atom. The van der Waals surface area contributed by atoms with E-state index in [1.807, 2.05) is 36.9 Å². The average Bonchev–Trinajstić information content (AvgIpc) is 2.59. The van der Waals surface area contributed by atoms with Crippen LogP contribution < -0.4 is 4.90 Å². The number of fused-ring (bicyclic) bond motifs is 2. The summed E-state index contributed by atoms with van der Waals surface area (Å²) in [6.45, 7) is 4.83. The Morgan fingerprint density at radius 1 is 1.08 bits per heavy atom. The number of halogens is 3. The number of nitrogens with zero attached hydrogens (tertiary/aromatic N) is 4. The number of rotatable bonds is 1. The Morgan fingerprint density at radius 2 is 1.88 bits per heavy atom. The number of pyridine rings is 1. The molecule has 4 rings (SSSR count).